The first kappa shape index (κ1) is 15.8. The van der Waals surface area contributed by atoms with Crippen molar-refractivity contribution in [3.05, 3.63) is 23.8 Å². The van der Waals surface area contributed by atoms with Crippen LogP contribution in [0, 0.1) is 0 Å². The number of nitrogens with zero attached hydrogens (tertiary/aromatic N) is 1. The number of hydrogen-bond acceptors (Lipinski definition) is 4. The fourth-order valence-electron chi connectivity index (χ4n) is 3.97. The molecule has 1 aromatic carbocycles. The lowest BCUT2D eigenvalue weighted by Gasteiger charge is -2.36. The van der Waals surface area contributed by atoms with Gasteiger partial charge in [-0.05, 0) is 43.4 Å². The van der Waals surface area contributed by atoms with E-state index in [1.54, 1.807) is 0 Å². The zero-order valence-electron chi connectivity index (χ0n) is 14.0. The molecule has 1 aliphatic carbocycles. The molecule has 0 N–H and O–H groups in total. The average molecular weight is 331 g/mol. The molecule has 2 aliphatic heterocycles. The van der Waals surface area contributed by atoms with Crippen molar-refractivity contribution in [2.75, 3.05) is 13.4 Å². The zero-order valence-corrected chi connectivity index (χ0v) is 14.0. The minimum absolute atomic E-state index is 0.164. The molecule has 130 valence electrons. The first-order valence-electron chi connectivity index (χ1n) is 9.12. The Labute approximate surface area is 142 Å². The van der Waals surface area contributed by atoms with Crippen molar-refractivity contribution in [1.29, 1.82) is 0 Å². The predicted molar refractivity (Wildman–Crippen MR) is 89.0 cm³/mol. The van der Waals surface area contributed by atoms with Gasteiger partial charge < -0.3 is 19.1 Å². The molecule has 24 heavy (non-hydrogen) atoms. The SMILES string of the molecule is O=C([C@H]1CCCO1)N(Cc1ccc2c(c1)OCO2)C1CCCCC1. The topological polar surface area (TPSA) is 48.0 Å². The fraction of sp³-hybridized carbons (Fsp3) is 0.632. The van der Waals surface area contributed by atoms with Gasteiger partial charge >= 0.3 is 0 Å². The van der Waals surface area contributed by atoms with E-state index in [1.807, 2.05) is 18.2 Å². The summed E-state index contributed by atoms with van der Waals surface area (Å²) in [6.45, 7) is 1.61. The highest BCUT2D eigenvalue weighted by Gasteiger charge is 2.33. The standard InChI is InChI=1S/C19H25NO4/c21-19(17-7-4-10-22-17)20(15-5-2-1-3-6-15)12-14-8-9-16-18(11-14)24-13-23-16/h8-9,11,15,17H,1-7,10,12-13H2/t17-/m1/s1. The maximum atomic E-state index is 13.0. The van der Waals surface area contributed by atoms with Gasteiger partial charge in [0.2, 0.25) is 6.79 Å². The molecule has 1 saturated heterocycles. The minimum Gasteiger partial charge on any atom is -0.454 e. The van der Waals surface area contributed by atoms with Gasteiger partial charge in [-0.1, -0.05) is 25.3 Å². The van der Waals surface area contributed by atoms with E-state index in [9.17, 15) is 4.79 Å². The molecule has 1 amide bonds. The van der Waals surface area contributed by atoms with Gasteiger partial charge in [0.05, 0.1) is 0 Å². The highest BCUT2D eigenvalue weighted by molar-refractivity contribution is 5.81. The van der Waals surface area contributed by atoms with Gasteiger partial charge in [-0.25, -0.2) is 0 Å². The van der Waals surface area contributed by atoms with Gasteiger partial charge in [-0.3, -0.25) is 4.79 Å². The summed E-state index contributed by atoms with van der Waals surface area (Å²) in [4.78, 5) is 15.1. The van der Waals surface area contributed by atoms with Crippen molar-refractivity contribution < 1.29 is 19.0 Å². The van der Waals surface area contributed by atoms with E-state index < -0.39 is 0 Å². The Kier molecular flexibility index (Phi) is 4.60. The Hall–Kier alpha value is -1.75. The van der Waals surface area contributed by atoms with Crippen LogP contribution in [0.25, 0.3) is 0 Å². The van der Waals surface area contributed by atoms with E-state index in [4.69, 9.17) is 14.2 Å². The molecule has 1 saturated carbocycles. The van der Waals surface area contributed by atoms with E-state index in [1.165, 1.54) is 19.3 Å². The monoisotopic (exact) mass is 331 g/mol. The largest absolute Gasteiger partial charge is 0.454 e. The van der Waals surface area contributed by atoms with Crippen LogP contribution in [-0.4, -0.2) is 36.4 Å². The average Bonchev–Trinajstić information content (AvgIpc) is 3.31. The lowest BCUT2D eigenvalue weighted by atomic mass is 9.93. The second-order valence-electron chi connectivity index (χ2n) is 6.95. The van der Waals surface area contributed by atoms with Crippen LogP contribution in [0.15, 0.2) is 18.2 Å². The van der Waals surface area contributed by atoms with E-state index >= 15 is 0 Å². The van der Waals surface area contributed by atoms with Gasteiger partial charge in [-0.15, -0.1) is 0 Å². The van der Waals surface area contributed by atoms with Crippen LogP contribution < -0.4 is 9.47 Å². The maximum Gasteiger partial charge on any atom is 0.252 e. The predicted octanol–water partition coefficient (Wildman–Crippen LogP) is 3.26. The number of amides is 1. The van der Waals surface area contributed by atoms with Crippen LogP contribution in [0.5, 0.6) is 11.5 Å². The lowest BCUT2D eigenvalue weighted by molar-refractivity contribution is -0.144. The summed E-state index contributed by atoms with van der Waals surface area (Å²) in [6, 6.07) is 6.31. The Morgan fingerprint density at radius 2 is 1.88 bits per heavy atom. The second-order valence-corrected chi connectivity index (χ2v) is 6.95. The summed E-state index contributed by atoms with van der Waals surface area (Å²) in [6.07, 6.45) is 7.49. The lowest BCUT2D eigenvalue weighted by Crippen LogP contribution is -2.45. The van der Waals surface area contributed by atoms with Crippen LogP contribution in [0.1, 0.15) is 50.5 Å². The van der Waals surface area contributed by atoms with Crippen LogP contribution in [0.2, 0.25) is 0 Å². The number of fused-ring (bicyclic) bond motifs is 1. The van der Waals surface area contributed by atoms with Gasteiger partial charge in [0.15, 0.2) is 11.5 Å². The Morgan fingerprint density at radius 1 is 1.04 bits per heavy atom. The van der Waals surface area contributed by atoms with Crippen LogP contribution in [0.4, 0.5) is 0 Å². The number of benzene rings is 1. The third-order valence-corrected chi connectivity index (χ3v) is 5.29. The molecule has 0 aromatic heterocycles. The molecule has 1 aromatic rings. The van der Waals surface area contributed by atoms with Gasteiger partial charge in [-0.2, -0.15) is 0 Å². The van der Waals surface area contributed by atoms with Crippen LogP contribution in [0.3, 0.4) is 0 Å². The van der Waals surface area contributed by atoms with E-state index in [2.05, 4.69) is 4.90 Å². The first-order chi connectivity index (χ1) is 11.8. The zero-order chi connectivity index (χ0) is 16.4. The summed E-state index contributed by atoms with van der Waals surface area (Å²) >= 11 is 0. The van der Waals surface area contributed by atoms with Crippen molar-refractivity contribution in [3.8, 4) is 11.5 Å². The maximum absolute atomic E-state index is 13.0. The summed E-state index contributed by atoms with van der Waals surface area (Å²) in [7, 11) is 0. The molecule has 5 heteroatoms. The molecule has 2 fully saturated rings. The molecule has 4 rings (SSSR count). The number of hydrogen-bond donors (Lipinski definition) is 0. The number of ether oxygens (including phenoxy) is 3. The number of carbonyl (C=O) groups is 1. The van der Waals surface area contributed by atoms with Crippen LogP contribution in [-0.2, 0) is 16.1 Å². The molecule has 2 heterocycles. The third kappa shape index (κ3) is 3.22. The minimum atomic E-state index is -0.249. The highest BCUT2D eigenvalue weighted by atomic mass is 16.7. The molecular weight excluding hydrogens is 306 g/mol. The molecule has 0 bridgehead atoms. The molecule has 0 radical (unpaired) electrons. The summed E-state index contributed by atoms with van der Waals surface area (Å²) < 4.78 is 16.5. The van der Waals surface area contributed by atoms with Crippen LogP contribution >= 0.6 is 0 Å². The first-order valence-corrected chi connectivity index (χ1v) is 9.12. The summed E-state index contributed by atoms with van der Waals surface area (Å²) in [5, 5.41) is 0. The van der Waals surface area contributed by atoms with Gasteiger partial charge in [0.1, 0.15) is 6.10 Å². The quantitative estimate of drug-likeness (QED) is 0.850. The van der Waals surface area contributed by atoms with Crippen molar-refractivity contribution in [2.24, 2.45) is 0 Å². The van der Waals surface area contributed by atoms with Gasteiger partial charge in [0, 0.05) is 19.2 Å². The molecular formula is C19H25NO4. The number of carbonyl (C=O) groups excluding carboxylic acids is 1. The Morgan fingerprint density at radius 3 is 2.67 bits per heavy atom. The van der Waals surface area contributed by atoms with Crippen molar-refractivity contribution in [2.45, 2.75) is 63.6 Å². The molecule has 3 aliphatic rings. The third-order valence-electron chi connectivity index (χ3n) is 5.29. The van der Waals surface area contributed by atoms with Crippen molar-refractivity contribution in [1.82, 2.24) is 4.90 Å². The van der Waals surface area contributed by atoms with Gasteiger partial charge in [0.25, 0.3) is 5.91 Å². The highest BCUT2D eigenvalue weighted by Crippen LogP contribution is 2.34. The molecule has 0 spiro atoms. The molecule has 1 atom stereocenters. The summed E-state index contributed by atoms with van der Waals surface area (Å²) in [5.41, 5.74) is 1.09. The van der Waals surface area contributed by atoms with E-state index in [0.29, 0.717) is 19.2 Å². The fourth-order valence-corrected chi connectivity index (χ4v) is 3.97. The van der Waals surface area contributed by atoms with Crippen molar-refractivity contribution in [3.63, 3.8) is 0 Å². The molecule has 0 unspecified atom stereocenters. The Balaban J connectivity index is 1.53. The second kappa shape index (κ2) is 7.01. The van der Waals surface area contributed by atoms with E-state index in [-0.39, 0.29) is 18.8 Å². The van der Waals surface area contributed by atoms with Crippen molar-refractivity contribution >= 4 is 5.91 Å². The number of rotatable bonds is 4. The molecule has 5 nitrogen and oxygen atoms in total. The smallest absolute Gasteiger partial charge is 0.252 e. The van der Waals surface area contributed by atoms with E-state index in [0.717, 1.165) is 42.7 Å². The summed E-state index contributed by atoms with van der Waals surface area (Å²) in [5.74, 6) is 1.73. The normalized spacial score (nSPS) is 23.4. The Bertz CT molecular complexity index is 591.